The molecule has 1 saturated heterocycles. The van der Waals surface area contributed by atoms with Gasteiger partial charge in [-0.1, -0.05) is 38.1 Å². The molecule has 2 atom stereocenters. The fourth-order valence-electron chi connectivity index (χ4n) is 4.19. The van der Waals surface area contributed by atoms with E-state index >= 15 is 0 Å². The van der Waals surface area contributed by atoms with Crippen LogP contribution in [0, 0.1) is 16.7 Å². The van der Waals surface area contributed by atoms with E-state index in [4.69, 9.17) is 0 Å². The van der Waals surface area contributed by atoms with Crippen LogP contribution in [0.4, 0.5) is 11.8 Å². The van der Waals surface area contributed by atoms with Crippen molar-refractivity contribution in [2.75, 3.05) is 23.7 Å². The number of likely N-dealkylation sites (tertiary alicyclic amines) is 1. The van der Waals surface area contributed by atoms with Crippen molar-refractivity contribution in [3.05, 3.63) is 47.2 Å². The molecule has 32 heavy (non-hydrogen) atoms. The van der Waals surface area contributed by atoms with Crippen LogP contribution in [-0.2, 0) is 17.8 Å². The van der Waals surface area contributed by atoms with Crippen LogP contribution in [0.15, 0.2) is 30.5 Å². The number of nitriles is 1. The second kappa shape index (κ2) is 9.13. The Bertz CT molecular complexity index is 1010. The molecule has 4 rings (SSSR count). The molecule has 2 aromatic rings. The van der Waals surface area contributed by atoms with Crippen molar-refractivity contribution in [2.24, 2.45) is 5.41 Å². The number of benzene rings is 1. The number of nitrogens with one attached hydrogen (secondary N) is 2. The summed E-state index contributed by atoms with van der Waals surface area (Å²) in [7, 11) is 0. The molecule has 1 aromatic heterocycles. The van der Waals surface area contributed by atoms with Crippen molar-refractivity contribution in [1.29, 1.82) is 5.26 Å². The summed E-state index contributed by atoms with van der Waals surface area (Å²) in [5.41, 5.74) is 2.46. The first-order chi connectivity index (χ1) is 15.4. The van der Waals surface area contributed by atoms with Gasteiger partial charge in [0.25, 0.3) is 0 Å². The third-order valence-corrected chi connectivity index (χ3v) is 6.70. The number of nitrogens with zero attached hydrogens (tertiary/aromatic N) is 4. The highest BCUT2D eigenvalue weighted by Crippen LogP contribution is 2.42. The van der Waals surface area contributed by atoms with Gasteiger partial charge in [-0.05, 0) is 30.4 Å². The number of hydrogen-bond acceptors (Lipinski definition) is 7. The van der Waals surface area contributed by atoms with Gasteiger partial charge in [0.2, 0.25) is 11.9 Å². The van der Waals surface area contributed by atoms with E-state index in [0.29, 0.717) is 43.3 Å². The van der Waals surface area contributed by atoms with Gasteiger partial charge in [-0.2, -0.15) is 10.2 Å². The number of aliphatic hydroxyl groups excluding tert-OH is 1. The maximum Gasteiger partial charge on any atom is 0.224 e. The third kappa shape index (κ3) is 4.68. The Hall–Kier alpha value is -3.18. The van der Waals surface area contributed by atoms with Crippen molar-refractivity contribution in [3.63, 3.8) is 0 Å². The molecule has 2 aliphatic rings. The van der Waals surface area contributed by atoms with Gasteiger partial charge in [0.05, 0.1) is 12.3 Å². The van der Waals surface area contributed by atoms with Crippen LogP contribution in [0.2, 0.25) is 0 Å². The van der Waals surface area contributed by atoms with Crippen molar-refractivity contribution in [2.45, 2.75) is 58.2 Å². The van der Waals surface area contributed by atoms with Crippen LogP contribution >= 0.6 is 0 Å². The first kappa shape index (κ1) is 22.0. The fraction of sp³-hybridized carbons (Fsp3) is 0.500. The Balaban J connectivity index is 1.31. The SMILES string of the molecule is CC1(C)[C@@H](O)C[C@H]1Nc1nc(NCCc2ccc(CN3CCCC3=O)cc2)ncc1C#N. The van der Waals surface area contributed by atoms with Crippen LogP contribution in [0.5, 0.6) is 0 Å². The minimum Gasteiger partial charge on any atom is -0.392 e. The molecule has 1 aliphatic carbocycles. The second-order valence-electron chi connectivity index (χ2n) is 9.25. The highest BCUT2D eigenvalue weighted by Gasteiger charge is 2.47. The van der Waals surface area contributed by atoms with Gasteiger partial charge in [0, 0.05) is 37.5 Å². The lowest BCUT2D eigenvalue weighted by Gasteiger charge is -2.49. The number of carbonyl (C=O) groups is 1. The number of anilines is 2. The summed E-state index contributed by atoms with van der Waals surface area (Å²) in [5.74, 6) is 1.20. The number of aromatic nitrogens is 2. The van der Waals surface area contributed by atoms with Gasteiger partial charge in [0.15, 0.2) is 0 Å². The Kier molecular flexibility index (Phi) is 6.28. The van der Waals surface area contributed by atoms with Gasteiger partial charge in [-0.3, -0.25) is 4.79 Å². The number of hydrogen-bond donors (Lipinski definition) is 3. The predicted molar refractivity (Wildman–Crippen MR) is 122 cm³/mol. The van der Waals surface area contributed by atoms with Gasteiger partial charge in [-0.15, -0.1) is 0 Å². The lowest BCUT2D eigenvalue weighted by molar-refractivity contribution is -0.128. The number of carbonyl (C=O) groups excluding carboxylic acids is 1. The molecular weight excluding hydrogens is 404 g/mol. The highest BCUT2D eigenvalue weighted by atomic mass is 16.3. The maximum absolute atomic E-state index is 11.8. The number of rotatable bonds is 8. The molecule has 2 fully saturated rings. The molecular formula is C24H30N6O2. The maximum atomic E-state index is 11.8. The van der Waals surface area contributed by atoms with Gasteiger partial charge in [-0.25, -0.2) is 4.98 Å². The highest BCUT2D eigenvalue weighted by molar-refractivity contribution is 5.78. The van der Waals surface area contributed by atoms with Crippen LogP contribution < -0.4 is 10.6 Å². The average molecular weight is 435 g/mol. The van der Waals surface area contributed by atoms with Crippen molar-refractivity contribution in [3.8, 4) is 6.07 Å². The van der Waals surface area contributed by atoms with Crippen molar-refractivity contribution in [1.82, 2.24) is 14.9 Å². The van der Waals surface area contributed by atoms with E-state index in [0.717, 1.165) is 24.9 Å². The summed E-state index contributed by atoms with van der Waals surface area (Å²) in [6, 6.07) is 10.5. The lowest BCUT2D eigenvalue weighted by atomic mass is 9.64. The molecule has 1 saturated carbocycles. The minimum atomic E-state index is -0.354. The van der Waals surface area contributed by atoms with Gasteiger partial charge in [0.1, 0.15) is 17.5 Å². The molecule has 8 heteroatoms. The molecule has 1 aliphatic heterocycles. The molecule has 0 radical (unpaired) electrons. The summed E-state index contributed by atoms with van der Waals surface area (Å²) < 4.78 is 0. The minimum absolute atomic E-state index is 0.0571. The summed E-state index contributed by atoms with van der Waals surface area (Å²) in [5, 5.41) is 25.9. The Morgan fingerprint density at radius 1 is 1.28 bits per heavy atom. The third-order valence-electron chi connectivity index (χ3n) is 6.70. The second-order valence-corrected chi connectivity index (χ2v) is 9.25. The van der Waals surface area contributed by atoms with Gasteiger partial charge < -0.3 is 20.6 Å². The van der Waals surface area contributed by atoms with E-state index in [9.17, 15) is 15.2 Å². The first-order valence-corrected chi connectivity index (χ1v) is 11.2. The smallest absolute Gasteiger partial charge is 0.224 e. The molecule has 168 valence electrons. The van der Waals surface area contributed by atoms with Gasteiger partial charge >= 0.3 is 0 Å². The Morgan fingerprint density at radius 2 is 2.03 bits per heavy atom. The average Bonchev–Trinajstić information content (AvgIpc) is 3.19. The summed E-state index contributed by atoms with van der Waals surface area (Å²) in [6.07, 6.45) is 4.22. The first-order valence-electron chi connectivity index (χ1n) is 11.2. The standard InChI is InChI=1S/C24H30N6O2/c1-24(2)19(12-20(24)31)28-22-18(13-25)14-27-23(29-22)26-10-9-16-5-7-17(8-6-16)15-30-11-3-4-21(30)32/h5-8,14,19-20,31H,3-4,9-12,15H2,1-2H3,(H2,26,27,28,29)/t19-,20+/m1/s1. The van der Waals surface area contributed by atoms with Crippen LogP contribution in [-0.4, -0.2) is 51.1 Å². The molecule has 0 spiro atoms. The van der Waals surface area contributed by atoms with E-state index in [2.05, 4.69) is 50.9 Å². The normalized spacial score (nSPS) is 21.7. The number of aliphatic hydroxyl groups is 1. The van der Waals surface area contributed by atoms with Crippen molar-refractivity contribution < 1.29 is 9.90 Å². The van der Waals surface area contributed by atoms with Crippen LogP contribution in [0.1, 0.15) is 49.8 Å². The molecule has 8 nitrogen and oxygen atoms in total. The molecule has 0 bridgehead atoms. The molecule has 1 amide bonds. The number of amides is 1. The summed E-state index contributed by atoms with van der Waals surface area (Å²) >= 11 is 0. The zero-order valence-electron chi connectivity index (χ0n) is 18.6. The lowest BCUT2D eigenvalue weighted by Crippen LogP contribution is -2.57. The summed E-state index contributed by atoms with van der Waals surface area (Å²) in [4.78, 5) is 22.4. The molecule has 0 unspecified atom stereocenters. The largest absolute Gasteiger partial charge is 0.392 e. The summed E-state index contributed by atoms with van der Waals surface area (Å²) in [6.45, 7) is 6.19. The van der Waals surface area contributed by atoms with E-state index in [1.807, 2.05) is 18.7 Å². The predicted octanol–water partition coefficient (Wildman–Crippen LogP) is 2.70. The van der Waals surface area contributed by atoms with E-state index in [1.54, 1.807) is 0 Å². The zero-order chi connectivity index (χ0) is 22.7. The zero-order valence-corrected chi connectivity index (χ0v) is 18.6. The Morgan fingerprint density at radius 3 is 2.66 bits per heavy atom. The molecule has 3 N–H and O–H groups in total. The van der Waals surface area contributed by atoms with Crippen LogP contribution in [0.25, 0.3) is 0 Å². The van der Waals surface area contributed by atoms with Crippen molar-refractivity contribution >= 4 is 17.7 Å². The fourth-order valence-corrected chi connectivity index (χ4v) is 4.19. The van der Waals surface area contributed by atoms with E-state index in [1.165, 1.54) is 11.8 Å². The quantitative estimate of drug-likeness (QED) is 0.585. The molecule has 2 heterocycles. The van der Waals surface area contributed by atoms with E-state index in [-0.39, 0.29) is 23.5 Å². The topological polar surface area (TPSA) is 114 Å². The van der Waals surface area contributed by atoms with E-state index < -0.39 is 0 Å². The molecule has 1 aromatic carbocycles. The van der Waals surface area contributed by atoms with Crippen LogP contribution in [0.3, 0.4) is 0 Å². The Labute approximate surface area is 188 Å². The monoisotopic (exact) mass is 434 g/mol.